The summed E-state index contributed by atoms with van der Waals surface area (Å²) in [5.74, 6) is 0. The molecule has 0 saturated carbocycles. The molecule has 4 heteroatoms. The van der Waals surface area contributed by atoms with Crippen LogP contribution in [0.2, 0.25) is 0 Å². The van der Waals surface area contributed by atoms with Crippen LogP contribution in [0.3, 0.4) is 0 Å². The van der Waals surface area contributed by atoms with E-state index in [1.165, 1.54) is 6.42 Å². The van der Waals surface area contributed by atoms with Crippen molar-refractivity contribution >= 4 is 16.6 Å². The van der Waals surface area contributed by atoms with Crippen LogP contribution in [-0.2, 0) is 4.74 Å². The highest BCUT2D eigenvalue weighted by molar-refractivity contribution is 5.86. The van der Waals surface area contributed by atoms with Crippen molar-refractivity contribution < 1.29 is 4.74 Å². The molecule has 2 aromatic rings. The molecule has 0 spiro atoms. The highest BCUT2D eigenvalue weighted by Gasteiger charge is 2.20. The van der Waals surface area contributed by atoms with Crippen LogP contribution in [0.5, 0.6) is 0 Å². The zero-order chi connectivity index (χ0) is 12.7. The van der Waals surface area contributed by atoms with Gasteiger partial charge in [0.05, 0.1) is 11.2 Å². The summed E-state index contributed by atoms with van der Waals surface area (Å²) in [4.78, 5) is 0. The summed E-state index contributed by atoms with van der Waals surface area (Å²) in [7, 11) is 0. The maximum absolute atomic E-state index is 5.97. The number of benzene rings is 1. The van der Waals surface area contributed by atoms with Crippen LogP contribution >= 0.6 is 0 Å². The summed E-state index contributed by atoms with van der Waals surface area (Å²) < 4.78 is 7.85. The van der Waals surface area contributed by atoms with E-state index in [0.29, 0.717) is 0 Å². The van der Waals surface area contributed by atoms with Crippen molar-refractivity contribution in [3.8, 4) is 0 Å². The van der Waals surface area contributed by atoms with Gasteiger partial charge in [-0.25, -0.2) is 4.68 Å². The van der Waals surface area contributed by atoms with Gasteiger partial charge < -0.3 is 10.5 Å². The third kappa shape index (κ3) is 1.77. The second kappa shape index (κ2) is 4.28. The summed E-state index contributed by atoms with van der Waals surface area (Å²) in [5, 5.41) is 5.76. The Hall–Kier alpha value is -1.55. The number of nitrogen functional groups attached to an aromatic ring is 1. The second-order valence-corrected chi connectivity index (χ2v) is 5.08. The van der Waals surface area contributed by atoms with Crippen molar-refractivity contribution in [1.82, 2.24) is 9.78 Å². The van der Waals surface area contributed by atoms with Gasteiger partial charge in [-0.2, -0.15) is 5.10 Å². The third-order valence-corrected chi connectivity index (χ3v) is 3.71. The monoisotopic (exact) mass is 245 g/mol. The molecule has 1 saturated heterocycles. The molecule has 1 unspecified atom stereocenters. The average molecular weight is 245 g/mol. The van der Waals surface area contributed by atoms with Crippen molar-refractivity contribution in [2.24, 2.45) is 0 Å². The molecular formula is C14H19N3O. The van der Waals surface area contributed by atoms with Gasteiger partial charge in [-0.05, 0) is 50.8 Å². The Balaban J connectivity index is 2.14. The van der Waals surface area contributed by atoms with E-state index in [1.54, 1.807) is 0 Å². The molecule has 1 fully saturated rings. The quantitative estimate of drug-likeness (QED) is 0.786. The standard InChI is InChI=1S/C14H19N3O/c1-9-7-13-11(8-12(9)15)10(2)16-17(13)14-5-3-4-6-18-14/h7-8,14H,3-6,15H2,1-2H3. The van der Waals surface area contributed by atoms with E-state index in [4.69, 9.17) is 10.5 Å². The van der Waals surface area contributed by atoms with Crippen molar-refractivity contribution in [2.45, 2.75) is 39.3 Å². The van der Waals surface area contributed by atoms with Crippen LogP contribution in [0.25, 0.3) is 10.9 Å². The highest BCUT2D eigenvalue weighted by Crippen LogP contribution is 2.30. The van der Waals surface area contributed by atoms with Crippen LogP contribution in [0.15, 0.2) is 12.1 Å². The Labute approximate surface area is 107 Å². The fourth-order valence-electron chi connectivity index (χ4n) is 2.59. The normalized spacial score (nSPS) is 20.4. The lowest BCUT2D eigenvalue weighted by atomic mass is 10.1. The van der Waals surface area contributed by atoms with Gasteiger partial charge in [0, 0.05) is 17.7 Å². The number of hydrogen-bond acceptors (Lipinski definition) is 3. The molecule has 0 bridgehead atoms. The van der Waals surface area contributed by atoms with Gasteiger partial charge in [0.15, 0.2) is 6.23 Å². The van der Waals surface area contributed by atoms with Crippen LogP contribution in [0, 0.1) is 13.8 Å². The Kier molecular flexibility index (Phi) is 2.74. The summed E-state index contributed by atoms with van der Waals surface area (Å²) in [5.41, 5.74) is 10.0. The van der Waals surface area contributed by atoms with Gasteiger partial charge in [0.1, 0.15) is 0 Å². The fourth-order valence-corrected chi connectivity index (χ4v) is 2.59. The SMILES string of the molecule is Cc1cc2c(cc1N)c(C)nn2C1CCCCO1. The first-order valence-electron chi connectivity index (χ1n) is 6.53. The molecule has 1 aliphatic rings. The van der Waals surface area contributed by atoms with Crippen LogP contribution in [-0.4, -0.2) is 16.4 Å². The minimum Gasteiger partial charge on any atom is -0.398 e. The predicted molar refractivity (Wildman–Crippen MR) is 72.5 cm³/mol. The molecule has 2 N–H and O–H groups in total. The van der Waals surface area contributed by atoms with Crippen molar-refractivity contribution in [2.75, 3.05) is 12.3 Å². The Bertz CT molecular complexity index is 582. The maximum atomic E-state index is 5.97. The molecule has 18 heavy (non-hydrogen) atoms. The van der Waals surface area contributed by atoms with E-state index >= 15 is 0 Å². The van der Waals surface area contributed by atoms with E-state index in [0.717, 1.165) is 47.3 Å². The Morgan fingerprint density at radius 1 is 1.33 bits per heavy atom. The van der Waals surface area contributed by atoms with E-state index in [-0.39, 0.29) is 6.23 Å². The fraction of sp³-hybridized carbons (Fsp3) is 0.500. The first-order chi connectivity index (χ1) is 8.66. The zero-order valence-corrected chi connectivity index (χ0v) is 10.9. The van der Waals surface area contributed by atoms with E-state index in [1.807, 2.05) is 24.6 Å². The summed E-state index contributed by atoms with van der Waals surface area (Å²) in [6.07, 6.45) is 3.48. The number of nitrogens with zero attached hydrogens (tertiary/aromatic N) is 2. The Morgan fingerprint density at radius 3 is 2.89 bits per heavy atom. The average Bonchev–Trinajstić information content (AvgIpc) is 2.69. The minimum absolute atomic E-state index is 0.0815. The van der Waals surface area contributed by atoms with Gasteiger partial charge in [-0.3, -0.25) is 0 Å². The summed E-state index contributed by atoms with van der Waals surface area (Å²) >= 11 is 0. The lowest BCUT2D eigenvalue weighted by Gasteiger charge is -2.23. The minimum atomic E-state index is 0.0815. The largest absolute Gasteiger partial charge is 0.398 e. The number of hydrogen-bond donors (Lipinski definition) is 1. The first kappa shape index (κ1) is 11.5. The number of ether oxygens (including phenoxy) is 1. The lowest BCUT2D eigenvalue weighted by molar-refractivity contribution is -0.0368. The van der Waals surface area contributed by atoms with Crippen molar-refractivity contribution in [3.63, 3.8) is 0 Å². The number of fused-ring (bicyclic) bond motifs is 1. The summed E-state index contributed by atoms with van der Waals surface area (Å²) in [6, 6.07) is 4.13. The molecule has 3 rings (SSSR count). The van der Waals surface area contributed by atoms with Crippen LogP contribution in [0.1, 0.15) is 36.7 Å². The number of aryl methyl sites for hydroxylation is 2. The Morgan fingerprint density at radius 2 is 2.17 bits per heavy atom. The van der Waals surface area contributed by atoms with E-state index < -0.39 is 0 Å². The van der Waals surface area contributed by atoms with E-state index in [2.05, 4.69) is 11.2 Å². The molecule has 1 aliphatic heterocycles. The first-order valence-corrected chi connectivity index (χ1v) is 6.53. The molecule has 96 valence electrons. The number of nitrogens with two attached hydrogens (primary N) is 1. The molecule has 0 amide bonds. The van der Waals surface area contributed by atoms with Gasteiger partial charge >= 0.3 is 0 Å². The van der Waals surface area contributed by atoms with Crippen LogP contribution in [0.4, 0.5) is 5.69 Å². The van der Waals surface area contributed by atoms with Gasteiger partial charge in [-0.15, -0.1) is 0 Å². The molecular weight excluding hydrogens is 226 g/mol. The second-order valence-electron chi connectivity index (χ2n) is 5.08. The smallest absolute Gasteiger partial charge is 0.150 e. The topological polar surface area (TPSA) is 53.1 Å². The van der Waals surface area contributed by atoms with E-state index in [9.17, 15) is 0 Å². The molecule has 0 aliphatic carbocycles. The maximum Gasteiger partial charge on any atom is 0.150 e. The lowest BCUT2D eigenvalue weighted by Crippen LogP contribution is -2.19. The number of rotatable bonds is 1. The summed E-state index contributed by atoms with van der Waals surface area (Å²) in [6.45, 7) is 4.89. The van der Waals surface area contributed by atoms with Gasteiger partial charge in [-0.1, -0.05) is 0 Å². The highest BCUT2D eigenvalue weighted by atomic mass is 16.5. The molecule has 1 atom stereocenters. The molecule has 2 heterocycles. The zero-order valence-electron chi connectivity index (χ0n) is 10.9. The molecule has 1 aromatic heterocycles. The predicted octanol–water partition coefficient (Wildman–Crippen LogP) is 2.93. The van der Waals surface area contributed by atoms with Gasteiger partial charge in [0.25, 0.3) is 0 Å². The van der Waals surface area contributed by atoms with Crippen LogP contribution < -0.4 is 5.73 Å². The number of anilines is 1. The molecule has 1 aromatic carbocycles. The van der Waals surface area contributed by atoms with Crippen molar-refractivity contribution in [3.05, 3.63) is 23.4 Å². The number of aromatic nitrogens is 2. The third-order valence-electron chi connectivity index (χ3n) is 3.71. The van der Waals surface area contributed by atoms with Gasteiger partial charge in [0.2, 0.25) is 0 Å². The van der Waals surface area contributed by atoms with Crippen molar-refractivity contribution in [1.29, 1.82) is 0 Å². The molecule has 4 nitrogen and oxygen atoms in total. The molecule has 0 radical (unpaired) electrons.